The molecule has 0 radical (unpaired) electrons. The van der Waals surface area contributed by atoms with E-state index < -0.39 is 0 Å². The van der Waals surface area contributed by atoms with Crippen molar-refractivity contribution in [3.05, 3.63) is 34.2 Å². The van der Waals surface area contributed by atoms with Crippen LogP contribution in [0.2, 0.25) is 0 Å². The molecule has 90 valence electrons. The number of hydrogen-bond acceptors (Lipinski definition) is 2. The molecule has 0 spiro atoms. The summed E-state index contributed by atoms with van der Waals surface area (Å²) in [6.07, 6.45) is 1.79. The third-order valence-corrected chi connectivity index (χ3v) is 3.70. The van der Waals surface area contributed by atoms with Crippen LogP contribution >= 0.6 is 15.9 Å². The van der Waals surface area contributed by atoms with Crippen LogP contribution in [-0.2, 0) is 7.05 Å². The zero-order chi connectivity index (χ0) is 12.6. The zero-order valence-electron chi connectivity index (χ0n) is 10.4. The minimum Gasteiger partial charge on any atom is -0.496 e. The van der Waals surface area contributed by atoms with Gasteiger partial charge in [-0.2, -0.15) is 0 Å². The molecule has 0 saturated heterocycles. The second kappa shape index (κ2) is 4.53. The molecule has 1 aromatic carbocycles. The predicted octanol–water partition coefficient (Wildman–Crippen LogP) is 3.48. The lowest BCUT2D eigenvalue weighted by atomic mass is 10.0. The van der Waals surface area contributed by atoms with E-state index in [1.807, 2.05) is 17.7 Å². The van der Waals surface area contributed by atoms with E-state index in [1.54, 1.807) is 13.4 Å². The summed E-state index contributed by atoms with van der Waals surface area (Å²) in [5.41, 5.74) is 4.32. The second-order valence-corrected chi connectivity index (χ2v) is 4.91. The Balaban J connectivity index is 2.70. The van der Waals surface area contributed by atoms with E-state index in [4.69, 9.17) is 4.74 Å². The predicted molar refractivity (Wildman–Crippen MR) is 72.4 cm³/mol. The van der Waals surface area contributed by atoms with Crippen LogP contribution in [0.5, 0.6) is 5.75 Å². The molecule has 3 nitrogen and oxygen atoms in total. The molecule has 0 N–H and O–H groups in total. The van der Waals surface area contributed by atoms with E-state index >= 15 is 0 Å². The van der Waals surface area contributed by atoms with Crippen LogP contribution in [-0.4, -0.2) is 16.7 Å². The Kier molecular flexibility index (Phi) is 3.24. The summed E-state index contributed by atoms with van der Waals surface area (Å²) in [5.74, 6) is 0.863. The lowest BCUT2D eigenvalue weighted by Crippen LogP contribution is -1.94. The number of rotatable bonds is 2. The molecule has 0 aliphatic rings. The maximum absolute atomic E-state index is 5.46. The van der Waals surface area contributed by atoms with Gasteiger partial charge in [0, 0.05) is 12.6 Å². The lowest BCUT2D eigenvalue weighted by Gasteiger charge is -2.11. The fourth-order valence-corrected chi connectivity index (χ4v) is 2.37. The second-order valence-electron chi connectivity index (χ2n) is 4.15. The molecular weight excluding hydrogens is 280 g/mol. The Bertz CT molecular complexity index is 561. The van der Waals surface area contributed by atoms with Gasteiger partial charge in [-0.25, -0.2) is 4.98 Å². The van der Waals surface area contributed by atoms with Gasteiger partial charge >= 0.3 is 0 Å². The van der Waals surface area contributed by atoms with Crippen LogP contribution in [0.1, 0.15) is 11.1 Å². The summed E-state index contributed by atoms with van der Waals surface area (Å²) in [6, 6.07) is 4.17. The number of imidazole rings is 1. The smallest absolute Gasteiger partial charge is 0.128 e. The fourth-order valence-electron chi connectivity index (χ4n) is 1.98. The molecule has 0 bridgehead atoms. The number of hydrogen-bond donors (Lipinski definition) is 0. The molecule has 0 amide bonds. The highest BCUT2D eigenvalue weighted by Crippen LogP contribution is 2.36. The van der Waals surface area contributed by atoms with Crippen molar-refractivity contribution in [2.24, 2.45) is 7.05 Å². The van der Waals surface area contributed by atoms with E-state index in [0.717, 1.165) is 21.6 Å². The molecule has 1 heterocycles. The topological polar surface area (TPSA) is 27.1 Å². The highest BCUT2D eigenvalue weighted by Gasteiger charge is 2.16. The van der Waals surface area contributed by atoms with E-state index in [0.29, 0.717) is 0 Å². The SMILES string of the molecule is COc1cc(C)cc(C)c1-c1ncn(C)c1Br. The monoisotopic (exact) mass is 294 g/mol. The lowest BCUT2D eigenvalue weighted by molar-refractivity contribution is 0.415. The van der Waals surface area contributed by atoms with Gasteiger partial charge < -0.3 is 9.30 Å². The Morgan fingerprint density at radius 2 is 2.00 bits per heavy atom. The van der Waals surface area contributed by atoms with E-state index in [9.17, 15) is 0 Å². The van der Waals surface area contributed by atoms with Gasteiger partial charge in [0.25, 0.3) is 0 Å². The number of halogens is 1. The summed E-state index contributed by atoms with van der Waals surface area (Å²) in [4.78, 5) is 4.42. The number of nitrogens with zero attached hydrogens (tertiary/aromatic N) is 2. The minimum atomic E-state index is 0.863. The van der Waals surface area contributed by atoms with Gasteiger partial charge in [0.15, 0.2) is 0 Å². The molecule has 2 aromatic rings. The average molecular weight is 295 g/mol. The molecular formula is C13H15BrN2O. The van der Waals surface area contributed by atoms with Crippen LogP contribution < -0.4 is 4.74 Å². The summed E-state index contributed by atoms with van der Waals surface area (Å²) >= 11 is 3.55. The Morgan fingerprint density at radius 3 is 2.53 bits per heavy atom. The summed E-state index contributed by atoms with van der Waals surface area (Å²) in [6.45, 7) is 4.14. The summed E-state index contributed by atoms with van der Waals surface area (Å²) in [7, 11) is 3.64. The zero-order valence-corrected chi connectivity index (χ0v) is 12.0. The quantitative estimate of drug-likeness (QED) is 0.848. The van der Waals surface area contributed by atoms with E-state index in [-0.39, 0.29) is 0 Å². The minimum absolute atomic E-state index is 0.863. The average Bonchev–Trinajstić information content (AvgIpc) is 2.59. The highest BCUT2D eigenvalue weighted by atomic mass is 79.9. The molecule has 17 heavy (non-hydrogen) atoms. The van der Waals surface area contributed by atoms with Crippen molar-refractivity contribution >= 4 is 15.9 Å². The standard InChI is InChI=1S/C13H15BrN2O/c1-8-5-9(2)11(10(6-8)17-4)12-13(14)16(3)7-15-12/h5-7H,1-4H3. The number of aromatic nitrogens is 2. The number of aryl methyl sites for hydroxylation is 3. The molecule has 0 fully saturated rings. The maximum Gasteiger partial charge on any atom is 0.128 e. The molecule has 0 aliphatic heterocycles. The molecule has 0 unspecified atom stereocenters. The van der Waals surface area contributed by atoms with Gasteiger partial charge in [-0.3, -0.25) is 0 Å². The normalized spacial score (nSPS) is 10.6. The van der Waals surface area contributed by atoms with Crippen molar-refractivity contribution in [3.8, 4) is 17.0 Å². The number of benzene rings is 1. The van der Waals surface area contributed by atoms with Gasteiger partial charge in [0.1, 0.15) is 16.0 Å². The largest absolute Gasteiger partial charge is 0.496 e. The number of methoxy groups -OCH3 is 1. The van der Waals surface area contributed by atoms with E-state index in [2.05, 4.69) is 40.8 Å². The Hall–Kier alpha value is -1.29. The van der Waals surface area contributed by atoms with Gasteiger partial charge in [-0.15, -0.1) is 0 Å². The molecule has 4 heteroatoms. The first kappa shape index (κ1) is 12.2. The van der Waals surface area contributed by atoms with Gasteiger partial charge in [-0.05, 0) is 47.0 Å². The van der Waals surface area contributed by atoms with Gasteiger partial charge in [0.05, 0.1) is 13.4 Å². The first-order valence-corrected chi connectivity index (χ1v) is 6.16. The third kappa shape index (κ3) is 2.09. The van der Waals surface area contributed by atoms with Crippen molar-refractivity contribution < 1.29 is 4.74 Å². The summed E-state index contributed by atoms with van der Waals surface area (Å²) in [5, 5.41) is 0. The number of ether oxygens (including phenoxy) is 1. The van der Waals surface area contributed by atoms with Crippen molar-refractivity contribution in [1.82, 2.24) is 9.55 Å². The van der Waals surface area contributed by atoms with Crippen molar-refractivity contribution in [2.45, 2.75) is 13.8 Å². The highest BCUT2D eigenvalue weighted by molar-refractivity contribution is 9.10. The van der Waals surface area contributed by atoms with Crippen LogP contribution in [0.4, 0.5) is 0 Å². The Labute approximate surface area is 110 Å². The van der Waals surface area contributed by atoms with Gasteiger partial charge in [-0.1, -0.05) is 6.07 Å². The third-order valence-electron chi connectivity index (χ3n) is 2.77. The summed E-state index contributed by atoms with van der Waals surface area (Å²) < 4.78 is 8.36. The molecule has 1 aromatic heterocycles. The molecule has 0 aliphatic carbocycles. The molecule has 0 saturated carbocycles. The Morgan fingerprint density at radius 1 is 1.29 bits per heavy atom. The van der Waals surface area contributed by atoms with Crippen LogP contribution in [0.15, 0.2) is 23.1 Å². The van der Waals surface area contributed by atoms with Crippen LogP contribution in [0.25, 0.3) is 11.3 Å². The van der Waals surface area contributed by atoms with Crippen LogP contribution in [0, 0.1) is 13.8 Å². The van der Waals surface area contributed by atoms with Crippen molar-refractivity contribution in [3.63, 3.8) is 0 Å². The van der Waals surface area contributed by atoms with Crippen molar-refractivity contribution in [1.29, 1.82) is 0 Å². The first-order chi connectivity index (χ1) is 8.04. The fraction of sp³-hybridized carbons (Fsp3) is 0.308. The van der Waals surface area contributed by atoms with E-state index in [1.165, 1.54) is 11.1 Å². The van der Waals surface area contributed by atoms with Gasteiger partial charge in [0.2, 0.25) is 0 Å². The van der Waals surface area contributed by atoms with Crippen LogP contribution in [0.3, 0.4) is 0 Å². The van der Waals surface area contributed by atoms with Crippen molar-refractivity contribution in [2.75, 3.05) is 7.11 Å². The maximum atomic E-state index is 5.46. The first-order valence-electron chi connectivity index (χ1n) is 5.37. The molecule has 0 atom stereocenters. The molecule has 2 rings (SSSR count).